The molecule has 1 aliphatic heterocycles. The van der Waals surface area contributed by atoms with E-state index in [1.54, 1.807) is 0 Å². The molecule has 1 fully saturated rings. The van der Waals surface area contributed by atoms with Gasteiger partial charge in [-0.05, 0) is 72.3 Å². The first kappa shape index (κ1) is 14.5. The van der Waals surface area contributed by atoms with Crippen molar-refractivity contribution in [2.75, 3.05) is 19.6 Å². The molecule has 0 saturated carbocycles. The lowest BCUT2D eigenvalue weighted by Gasteiger charge is -2.32. The number of nitrogens with zero attached hydrogens (tertiary/aromatic N) is 1. The maximum atomic E-state index is 12.5. The van der Waals surface area contributed by atoms with Gasteiger partial charge in [-0.1, -0.05) is 6.07 Å². The Bertz CT molecular complexity index is 453. The molecule has 0 radical (unpaired) electrons. The summed E-state index contributed by atoms with van der Waals surface area (Å²) in [4.78, 5) is 14.4. The maximum absolute atomic E-state index is 12.5. The third kappa shape index (κ3) is 3.57. The summed E-state index contributed by atoms with van der Waals surface area (Å²) in [5.41, 5.74) is 7.52. The molecule has 0 atom stereocenters. The number of aryl methyl sites for hydroxylation is 1. The van der Waals surface area contributed by atoms with Gasteiger partial charge in [0.1, 0.15) is 0 Å². The van der Waals surface area contributed by atoms with Gasteiger partial charge in [0.05, 0.1) is 5.56 Å². The molecule has 0 aliphatic carbocycles. The molecule has 1 amide bonds. The highest BCUT2D eigenvalue weighted by Crippen LogP contribution is 2.24. The maximum Gasteiger partial charge on any atom is 0.254 e. The van der Waals surface area contributed by atoms with Crippen molar-refractivity contribution in [1.82, 2.24) is 4.90 Å². The predicted octanol–water partition coefficient (Wildman–Crippen LogP) is 2.96. The van der Waals surface area contributed by atoms with E-state index >= 15 is 0 Å². The van der Waals surface area contributed by atoms with E-state index < -0.39 is 0 Å². The Hall–Kier alpha value is -0.870. The van der Waals surface area contributed by atoms with Gasteiger partial charge in [0.2, 0.25) is 0 Å². The second-order valence-electron chi connectivity index (χ2n) is 5.30. The first-order valence-electron chi connectivity index (χ1n) is 6.87. The first-order valence-corrected chi connectivity index (χ1v) is 7.66. The second kappa shape index (κ2) is 6.53. The van der Waals surface area contributed by atoms with Crippen LogP contribution in [0.2, 0.25) is 0 Å². The number of hydrogen-bond acceptors (Lipinski definition) is 2. The largest absolute Gasteiger partial charge is 0.339 e. The lowest BCUT2D eigenvalue weighted by atomic mass is 9.93. The van der Waals surface area contributed by atoms with Crippen LogP contribution in [0.1, 0.15) is 35.2 Å². The molecule has 0 spiro atoms. The van der Waals surface area contributed by atoms with Crippen molar-refractivity contribution in [3.63, 3.8) is 0 Å². The molecule has 0 aromatic heterocycles. The molecule has 1 aliphatic rings. The van der Waals surface area contributed by atoms with E-state index in [0.717, 1.165) is 54.5 Å². The fourth-order valence-electron chi connectivity index (χ4n) is 2.62. The fraction of sp³-hybridized carbons (Fsp3) is 0.533. The Labute approximate surface area is 123 Å². The molecule has 1 saturated heterocycles. The summed E-state index contributed by atoms with van der Waals surface area (Å²) in [5, 5.41) is 0. The third-order valence-electron chi connectivity index (χ3n) is 3.83. The molecule has 3 nitrogen and oxygen atoms in total. The molecule has 19 heavy (non-hydrogen) atoms. The van der Waals surface area contributed by atoms with Gasteiger partial charge in [-0.25, -0.2) is 0 Å². The number of amides is 1. The van der Waals surface area contributed by atoms with Crippen molar-refractivity contribution in [2.45, 2.75) is 26.2 Å². The van der Waals surface area contributed by atoms with Crippen LogP contribution in [0.4, 0.5) is 0 Å². The van der Waals surface area contributed by atoms with Crippen molar-refractivity contribution < 1.29 is 4.79 Å². The Morgan fingerprint density at radius 2 is 2.11 bits per heavy atom. The minimum Gasteiger partial charge on any atom is -0.339 e. The van der Waals surface area contributed by atoms with Crippen LogP contribution in [0, 0.1) is 12.8 Å². The fourth-order valence-corrected chi connectivity index (χ4v) is 3.29. The van der Waals surface area contributed by atoms with Crippen molar-refractivity contribution in [1.29, 1.82) is 0 Å². The van der Waals surface area contributed by atoms with Gasteiger partial charge in [0.15, 0.2) is 0 Å². The van der Waals surface area contributed by atoms with Crippen LogP contribution in [0.15, 0.2) is 22.7 Å². The van der Waals surface area contributed by atoms with Crippen molar-refractivity contribution in [3.05, 3.63) is 33.8 Å². The molecule has 104 valence electrons. The molecule has 0 unspecified atom stereocenters. The van der Waals surface area contributed by atoms with E-state index in [9.17, 15) is 4.79 Å². The zero-order valence-corrected chi connectivity index (χ0v) is 12.9. The van der Waals surface area contributed by atoms with Gasteiger partial charge in [0.25, 0.3) is 5.91 Å². The van der Waals surface area contributed by atoms with Crippen LogP contribution < -0.4 is 5.73 Å². The van der Waals surface area contributed by atoms with E-state index in [-0.39, 0.29) is 5.91 Å². The number of rotatable bonds is 3. The van der Waals surface area contributed by atoms with Crippen molar-refractivity contribution >= 4 is 21.8 Å². The van der Waals surface area contributed by atoms with E-state index in [0.29, 0.717) is 5.92 Å². The lowest BCUT2D eigenvalue weighted by molar-refractivity contribution is 0.0687. The van der Waals surface area contributed by atoms with Gasteiger partial charge >= 0.3 is 0 Å². The van der Waals surface area contributed by atoms with Gasteiger partial charge in [-0.15, -0.1) is 0 Å². The summed E-state index contributed by atoms with van der Waals surface area (Å²) in [6.45, 7) is 4.48. The molecule has 1 aromatic carbocycles. The SMILES string of the molecule is Cc1ccc(C(=O)N2CCC(CCN)CC2)c(Br)c1. The van der Waals surface area contributed by atoms with E-state index in [1.165, 1.54) is 0 Å². The highest BCUT2D eigenvalue weighted by molar-refractivity contribution is 9.10. The van der Waals surface area contributed by atoms with E-state index in [1.807, 2.05) is 30.0 Å². The Morgan fingerprint density at radius 1 is 1.42 bits per heavy atom. The van der Waals surface area contributed by atoms with Gasteiger partial charge < -0.3 is 10.6 Å². The zero-order chi connectivity index (χ0) is 13.8. The van der Waals surface area contributed by atoms with Gasteiger partial charge in [-0.3, -0.25) is 4.79 Å². The Kier molecular flexibility index (Phi) is 4.99. The average Bonchev–Trinajstić information content (AvgIpc) is 2.39. The summed E-state index contributed by atoms with van der Waals surface area (Å²) in [7, 11) is 0. The van der Waals surface area contributed by atoms with E-state index in [4.69, 9.17) is 5.73 Å². The molecule has 2 N–H and O–H groups in total. The van der Waals surface area contributed by atoms with Gasteiger partial charge in [0, 0.05) is 17.6 Å². The molecule has 0 bridgehead atoms. The average molecular weight is 325 g/mol. The van der Waals surface area contributed by atoms with Crippen LogP contribution in [0.3, 0.4) is 0 Å². The number of nitrogens with two attached hydrogens (primary N) is 1. The zero-order valence-electron chi connectivity index (χ0n) is 11.4. The summed E-state index contributed by atoms with van der Waals surface area (Å²) < 4.78 is 0.890. The van der Waals surface area contributed by atoms with Crippen LogP contribution in [0.25, 0.3) is 0 Å². The Balaban J connectivity index is 2.01. The van der Waals surface area contributed by atoms with E-state index in [2.05, 4.69) is 15.9 Å². The normalized spacial score (nSPS) is 16.7. The summed E-state index contributed by atoms with van der Waals surface area (Å²) in [6.07, 6.45) is 3.23. The molecule has 1 aromatic rings. The quantitative estimate of drug-likeness (QED) is 0.929. The van der Waals surface area contributed by atoms with Crippen molar-refractivity contribution in [3.8, 4) is 0 Å². The number of piperidine rings is 1. The minimum atomic E-state index is 0.137. The predicted molar refractivity (Wildman–Crippen MR) is 81.2 cm³/mol. The first-order chi connectivity index (χ1) is 9.11. The number of hydrogen-bond donors (Lipinski definition) is 1. The monoisotopic (exact) mass is 324 g/mol. The molecule has 4 heteroatoms. The summed E-state index contributed by atoms with van der Waals surface area (Å²) >= 11 is 3.49. The molecule has 1 heterocycles. The molecular formula is C15H21BrN2O. The van der Waals surface area contributed by atoms with Gasteiger partial charge in [-0.2, -0.15) is 0 Å². The smallest absolute Gasteiger partial charge is 0.254 e. The third-order valence-corrected chi connectivity index (χ3v) is 4.49. The summed E-state index contributed by atoms with van der Waals surface area (Å²) in [5.74, 6) is 0.827. The number of carbonyl (C=O) groups excluding carboxylic acids is 1. The molecular weight excluding hydrogens is 304 g/mol. The van der Waals surface area contributed by atoms with Crippen LogP contribution in [0.5, 0.6) is 0 Å². The number of likely N-dealkylation sites (tertiary alicyclic amines) is 1. The van der Waals surface area contributed by atoms with Crippen LogP contribution in [-0.2, 0) is 0 Å². The second-order valence-corrected chi connectivity index (χ2v) is 6.15. The standard InChI is InChI=1S/C15H21BrN2O/c1-11-2-3-13(14(16)10-11)15(19)18-8-5-12(4-7-17)6-9-18/h2-3,10,12H,4-9,17H2,1H3. The highest BCUT2D eigenvalue weighted by Gasteiger charge is 2.24. The lowest BCUT2D eigenvalue weighted by Crippen LogP contribution is -2.39. The Morgan fingerprint density at radius 3 is 2.68 bits per heavy atom. The van der Waals surface area contributed by atoms with Crippen molar-refractivity contribution in [2.24, 2.45) is 11.7 Å². The highest BCUT2D eigenvalue weighted by atomic mass is 79.9. The van der Waals surface area contributed by atoms with Crippen LogP contribution in [-0.4, -0.2) is 30.4 Å². The number of halogens is 1. The number of carbonyl (C=O) groups is 1. The number of benzene rings is 1. The summed E-state index contributed by atoms with van der Waals surface area (Å²) in [6, 6.07) is 5.89. The van der Waals surface area contributed by atoms with Crippen LogP contribution >= 0.6 is 15.9 Å². The minimum absolute atomic E-state index is 0.137. The molecule has 2 rings (SSSR count). The topological polar surface area (TPSA) is 46.3 Å².